The molecule has 94 valence electrons. The Morgan fingerprint density at radius 1 is 1.56 bits per heavy atom. The molecule has 1 unspecified atom stereocenters. The molecule has 0 aromatic carbocycles. The highest BCUT2D eigenvalue weighted by Gasteiger charge is 2.29. The molecular weight excluding hydrogens is 227 g/mol. The highest BCUT2D eigenvalue weighted by Crippen LogP contribution is 2.16. The van der Waals surface area contributed by atoms with Crippen molar-refractivity contribution >= 4 is 5.84 Å². The third kappa shape index (κ3) is 4.77. The molecule has 3 N–H and O–H groups in total. The van der Waals surface area contributed by atoms with Crippen LogP contribution in [0.4, 0.5) is 13.2 Å². The number of ether oxygens (including phenoxy) is 2. The van der Waals surface area contributed by atoms with Gasteiger partial charge in [-0.3, -0.25) is 15.0 Å². The summed E-state index contributed by atoms with van der Waals surface area (Å²) in [6, 6.07) is 0. The van der Waals surface area contributed by atoms with E-state index < -0.39 is 19.1 Å². The largest absolute Gasteiger partial charge is 0.522 e. The Morgan fingerprint density at radius 2 is 2.25 bits per heavy atom. The number of hydrogen-bond acceptors (Lipinski definition) is 4. The van der Waals surface area contributed by atoms with E-state index in [4.69, 9.17) is 15.9 Å². The van der Waals surface area contributed by atoms with E-state index in [1.165, 1.54) is 0 Å². The third-order valence-corrected chi connectivity index (χ3v) is 2.17. The number of hydrogen-bond donors (Lipinski definition) is 2. The number of nitrogens with one attached hydrogen (secondary N) is 1. The summed E-state index contributed by atoms with van der Waals surface area (Å²) >= 11 is 0. The molecule has 1 heterocycles. The van der Waals surface area contributed by atoms with Gasteiger partial charge < -0.3 is 10.5 Å². The molecule has 1 aliphatic heterocycles. The van der Waals surface area contributed by atoms with Crippen molar-refractivity contribution in [2.75, 3.05) is 32.8 Å². The zero-order valence-electron chi connectivity index (χ0n) is 8.59. The van der Waals surface area contributed by atoms with Crippen molar-refractivity contribution in [3.05, 3.63) is 0 Å². The zero-order chi connectivity index (χ0) is 12.2. The number of amidine groups is 1. The lowest BCUT2D eigenvalue weighted by molar-refractivity contribution is -0.325. The Kier molecular flexibility index (Phi) is 4.51. The standard InChI is InChI=1S/C8H14F3N3O2/c9-8(10,11)16-4-2-14-1-3-15-6(5-14)7(12)13/h6H,1-5H2,(H3,12,13). The van der Waals surface area contributed by atoms with Crippen LogP contribution in [0.15, 0.2) is 0 Å². The minimum atomic E-state index is -4.59. The van der Waals surface area contributed by atoms with Gasteiger partial charge in [-0.25, -0.2) is 0 Å². The van der Waals surface area contributed by atoms with Gasteiger partial charge >= 0.3 is 6.36 Å². The maximum Gasteiger partial charge on any atom is 0.522 e. The van der Waals surface area contributed by atoms with E-state index >= 15 is 0 Å². The molecular formula is C8H14F3N3O2. The van der Waals surface area contributed by atoms with Crippen molar-refractivity contribution < 1.29 is 22.6 Å². The molecule has 0 bridgehead atoms. The fraction of sp³-hybridized carbons (Fsp3) is 0.875. The summed E-state index contributed by atoms with van der Waals surface area (Å²) < 4.78 is 43.9. The van der Waals surface area contributed by atoms with Gasteiger partial charge in [-0.15, -0.1) is 13.2 Å². The van der Waals surface area contributed by atoms with Crippen LogP contribution in [0.3, 0.4) is 0 Å². The lowest BCUT2D eigenvalue weighted by Crippen LogP contribution is -2.49. The number of morpholine rings is 1. The van der Waals surface area contributed by atoms with Crippen LogP contribution in [0.25, 0.3) is 0 Å². The molecule has 1 fully saturated rings. The zero-order valence-corrected chi connectivity index (χ0v) is 8.59. The lowest BCUT2D eigenvalue weighted by atomic mass is 10.2. The summed E-state index contributed by atoms with van der Waals surface area (Å²) in [4.78, 5) is 1.72. The second-order valence-electron chi connectivity index (χ2n) is 3.41. The van der Waals surface area contributed by atoms with E-state index in [9.17, 15) is 13.2 Å². The predicted octanol–water partition coefficient (Wildman–Crippen LogP) is 0.160. The predicted molar refractivity (Wildman–Crippen MR) is 50.1 cm³/mol. The molecule has 0 spiro atoms. The maximum atomic E-state index is 11.7. The molecule has 0 aromatic rings. The first kappa shape index (κ1) is 13.2. The number of halogens is 3. The molecule has 8 heteroatoms. The Morgan fingerprint density at radius 3 is 2.81 bits per heavy atom. The van der Waals surface area contributed by atoms with Gasteiger partial charge in [-0.2, -0.15) is 0 Å². The Bertz CT molecular complexity index is 247. The number of nitrogens with two attached hydrogens (primary N) is 1. The van der Waals surface area contributed by atoms with Crippen LogP contribution in [0.2, 0.25) is 0 Å². The van der Waals surface area contributed by atoms with Gasteiger partial charge in [0.25, 0.3) is 0 Å². The fourth-order valence-electron chi connectivity index (χ4n) is 1.38. The first-order chi connectivity index (χ1) is 7.38. The summed E-state index contributed by atoms with van der Waals surface area (Å²) in [6.45, 7) is 0.929. The minimum absolute atomic E-state index is 0.110. The van der Waals surface area contributed by atoms with E-state index in [0.29, 0.717) is 19.7 Å². The summed E-state index contributed by atoms with van der Waals surface area (Å²) in [5, 5.41) is 7.17. The molecule has 0 radical (unpaired) electrons. The second kappa shape index (κ2) is 5.46. The summed E-state index contributed by atoms with van der Waals surface area (Å²) in [5.41, 5.74) is 5.25. The van der Waals surface area contributed by atoms with E-state index in [1.807, 2.05) is 0 Å². The number of rotatable bonds is 4. The highest BCUT2D eigenvalue weighted by atomic mass is 19.4. The molecule has 1 saturated heterocycles. The van der Waals surface area contributed by atoms with Crippen molar-refractivity contribution in [1.82, 2.24) is 4.90 Å². The first-order valence-corrected chi connectivity index (χ1v) is 4.77. The smallest absolute Gasteiger partial charge is 0.385 e. The van der Waals surface area contributed by atoms with Crippen LogP contribution < -0.4 is 5.73 Å². The van der Waals surface area contributed by atoms with Gasteiger partial charge in [0.2, 0.25) is 0 Å². The minimum Gasteiger partial charge on any atom is -0.385 e. The molecule has 1 rings (SSSR count). The van der Waals surface area contributed by atoms with Crippen LogP contribution in [0.1, 0.15) is 0 Å². The third-order valence-electron chi connectivity index (χ3n) is 2.17. The van der Waals surface area contributed by atoms with Gasteiger partial charge in [0.05, 0.1) is 13.2 Å². The van der Waals surface area contributed by atoms with Crippen LogP contribution >= 0.6 is 0 Å². The topological polar surface area (TPSA) is 71.6 Å². The quantitative estimate of drug-likeness (QED) is 0.543. The molecule has 1 atom stereocenters. The summed E-state index contributed by atoms with van der Waals surface area (Å²) in [6.07, 6.45) is -5.12. The fourth-order valence-corrected chi connectivity index (χ4v) is 1.38. The molecule has 1 aliphatic rings. The van der Waals surface area contributed by atoms with Crippen molar-refractivity contribution in [3.63, 3.8) is 0 Å². The van der Waals surface area contributed by atoms with Crippen LogP contribution in [-0.4, -0.2) is 56.0 Å². The SMILES string of the molecule is N=C(N)C1CN(CCOC(F)(F)F)CCO1. The average molecular weight is 241 g/mol. The summed E-state index contributed by atoms with van der Waals surface area (Å²) in [7, 11) is 0. The van der Waals surface area contributed by atoms with E-state index in [1.54, 1.807) is 4.90 Å². The van der Waals surface area contributed by atoms with Gasteiger partial charge in [0.1, 0.15) is 11.9 Å². The highest BCUT2D eigenvalue weighted by molar-refractivity contribution is 5.82. The molecule has 0 aliphatic carbocycles. The van der Waals surface area contributed by atoms with Crippen molar-refractivity contribution in [3.8, 4) is 0 Å². The lowest BCUT2D eigenvalue weighted by Gasteiger charge is -2.32. The molecule has 0 saturated carbocycles. The van der Waals surface area contributed by atoms with Crippen LogP contribution in [-0.2, 0) is 9.47 Å². The molecule has 5 nitrogen and oxygen atoms in total. The second-order valence-corrected chi connectivity index (χ2v) is 3.41. The van der Waals surface area contributed by atoms with Crippen molar-refractivity contribution in [1.29, 1.82) is 5.41 Å². The van der Waals surface area contributed by atoms with Crippen molar-refractivity contribution in [2.24, 2.45) is 5.73 Å². The average Bonchev–Trinajstić information content (AvgIpc) is 2.16. The van der Waals surface area contributed by atoms with Gasteiger partial charge in [0, 0.05) is 19.6 Å². The molecule has 16 heavy (non-hydrogen) atoms. The first-order valence-electron chi connectivity index (χ1n) is 4.77. The Balaban J connectivity index is 2.24. The van der Waals surface area contributed by atoms with Gasteiger partial charge in [-0.05, 0) is 0 Å². The maximum absolute atomic E-state index is 11.7. The monoisotopic (exact) mass is 241 g/mol. The number of nitrogens with zero attached hydrogens (tertiary/aromatic N) is 1. The number of alkyl halides is 3. The summed E-state index contributed by atoms with van der Waals surface area (Å²) in [5.74, 6) is -0.110. The Labute approximate surface area is 90.8 Å². The molecule has 0 amide bonds. The van der Waals surface area contributed by atoms with E-state index in [-0.39, 0.29) is 12.4 Å². The normalized spacial score (nSPS) is 23.3. The van der Waals surface area contributed by atoms with E-state index in [2.05, 4.69) is 4.74 Å². The molecule has 0 aromatic heterocycles. The Hall–Kier alpha value is -0.860. The van der Waals surface area contributed by atoms with Crippen LogP contribution in [0, 0.1) is 5.41 Å². The van der Waals surface area contributed by atoms with E-state index in [0.717, 1.165) is 0 Å². The van der Waals surface area contributed by atoms with Crippen LogP contribution in [0.5, 0.6) is 0 Å². The van der Waals surface area contributed by atoms with Gasteiger partial charge in [-0.1, -0.05) is 0 Å². The van der Waals surface area contributed by atoms with Crippen molar-refractivity contribution in [2.45, 2.75) is 12.5 Å². The van der Waals surface area contributed by atoms with Gasteiger partial charge in [0.15, 0.2) is 0 Å².